The van der Waals surface area contributed by atoms with Gasteiger partial charge in [-0.1, -0.05) is 13.2 Å². The van der Waals surface area contributed by atoms with Crippen LogP contribution in [0.2, 0.25) is 0 Å². The number of hydrogen-bond acceptors (Lipinski definition) is 4. The molecule has 0 spiro atoms. The van der Waals surface area contributed by atoms with Crippen molar-refractivity contribution in [2.45, 2.75) is 0 Å². The Bertz CT molecular complexity index is 161. The predicted molar refractivity (Wildman–Crippen MR) is 72.0 cm³/mol. The van der Waals surface area contributed by atoms with Gasteiger partial charge >= 0.3 is 0 Å². The Morgan fingerprint density at radius 3 is 1.60 bits per heavy atom. The summed E-state index contributed by atoms with van der Waals surface area (Å²) in [7, 11) is 0. The van der Waals surface area contributed by atoms with E-state index in [2.05, 4.69) is 55.5 Å². The summed E-state index contributed by atoms with van der Waals surface area (Å²) in [6.45, 7) is 9.12. The summed E-state index contributed by atoms with van der Waals surface area (Å²) in [5, 5.41) is 6.22. The molecule has 0 aliphatic rings. The van der Waals surface area contributed by atoms with E-state index in [9.17, 15) is 0 Å². The summed E-state index contributed by atoms with van der Waals surface area (Å²) in [5.74, 6) is 1.34. The van der Waals surface area contributed by atoms with Crippen molar-refractivity contribution in [2.24, 2.45) is 0 Å². The zero-order valence-corrected chi connectivity index (χ0v) is 13.5. The van der Waals surface area contributed by atoms with Crippen LogP contribution in [-0.2, 0) is 32.7 Å². The third-order valence-electron chi connectivity index (χ3n) is 1.37. The Kier molecular flexibility index (Phi) is 21.2. The van der Waals surface area contributed by atoms with Gasteiger partial charge in [-0.2, -0.15) is 25.3 Å². The van der Waals surface area contributed by atoms with Crippen molar-refractivity contribution in [1.29, 1.82) is 0 Å². The molecule has 0 aromatic rings. The van der Waals surface area contributed by atoms with Crippen molar-refractivity contribution in [3.8, 4) is 0 Å². The Hall–Kier alpha value is 0.949. The van der Waals surface area contributed by atoms with Gasteiger partial charge in [0, 0.05) is 64.0 Å². The minimum absolute atomic E-state index is 0. The van der Waals surface area contributed by atoms with Gasteiger partial charge in [0.1, 0.15) is 0 Å². The van der Waals surface area contributed by atoms with E-state index in [0.717, 1.165) is 24.5 Å². The number of hydrogen-bond donors (Lipinski definition) is 4. The first-order valence-corrected chi connectivity index (χ1v) is 5.34. The summed E-state index contributed by atoms with van der Waals surface area (Å²) < 4.78 is 0. The van der Waals surface area contributed by atoms with E-state index in [1.165, 1.54) is 0 Å². The molecule has 0 aliphatic carbocycles. The maximum absolute atomic E-state index is 4.07. The molecular weight excluding hydrogens is 300 g/mol. The summed E-state index contributed by atoms with van der Waals surface area (Å²) in [6.07, 6.45) is 2.07. The first kappa shape index (κ1) is 21.3. The van der Waals surface area contributed by atoms with E-state index in [1.807, 2.05) is 0 Å². The Morgan fingerprint density at radius 1 is 1.00 bits per heavy atom. The largest absolute Gasteiger partial charge is 0.418 e. The van der Waals surface area contributed by atoms with Crippen LogP contribution in [0.3, 0.4) is 0 Å². The second-order valence-electron chi connectivity index (χ2n) is 2.57. The molecule has 2 nitrogen and oxygen atoms in total. The molecule has 0 aromatic heterocycles. The van der Waals surface area contributed by atoms with E-state index >= 15 is 0 Å². The zero-order chi connectivity index (χ0) is 10.1. The van der Waals surface area contributed by atoms with E-state index in [-0.39, 0.29) is 41.1 Å². The standard InChI is InChI=1S/C9H17N2S2.B.Y/c1-8(6-12)10-4-3-5-11-9(2)7-13;;/h3,10-13H,1-2,4-7H2;;/q-1;;. The van der Waals surface area contributed by atoms with Gasteiger partial charge in [0.25, 0.3) is 0 Å². The average molecular weight is 317 g/mol. The van der Waals surface area contributed by atoms with Crippen LogP contribution in [0.1, 0.15) is 0 Å². The SMILES string of the molecule is C=C(CS)NC[CH-]CNC(=C)CS.[B].[Y]. The van der Waals surface area contributed by atoms with Crippen molar-refractivity contribution in [2.75, 3.05) is 24.6 Å². The van der Waals surface area contributed by atoms with Gasteiger partial charge in [0.2, 0.25) is 0 Å². The van der Waals surface area contributed by atoms with Gasteiger partial charge in [-0.25, -0.2) is 0 Å². The molecule has 0 amide bonds. The molecule has 0 atom stereocenters. The molecular formula is C9H17BN2S2Y-. The van der Waals surface area contributed by atoms with Gasteiger partial charge in [0.15, 0.2) is 0 Å². The van der Waals surface area contributed by atoms with Crippen molar-refractivity contribution >= 4 is 33.7 Å². The fraction of sp³-hybridized carbons (Fsp3) is 0.444. The Labute approximate surface area is 131 Å². The van der Waals surface area contributed by atoms with Crippen molar-refractivity contribution in [3.05, 3.63) is 31.0 Å². The van der Waals surface area contributed by atoms with E-state index in [1.54, 1.807) is 0 Å². The monoisotopic (exact) mass is 317 g/mol. The first-order chi connectivity index (χ1) is 6.20. The van der Waals surface area contributed by atoms with Crippen LogP contribution in [0.25, 0.3) is 0 Å². The third kappa shape index (κ3) is 14.9. The van der Waals surface area contributed by atoms with Crippen molar-refractivity contribution in [1.82, 2.24) is 10.6 Å². The minimum Gasteiger partial charge on any atom is -0.418 e. The average Bonchev–Trinajstić information content (AvgIpc) is 2.16. The van der Waals surface area contributed by atoms with Crippen molar-refractivity contribution in [3.63, 3.8) is 0 Å². The molecule has 0 rings (SSSR count). The van der Waals surface area contributed by atoms with Gasteiger partial charge in [-0.05, 0) is 0 Å². The molecule has 0 fully saturated rings. The molecule has 0 bridgehead atoms. The molecule has 6 heteroatoms. The quantitative estimate of drug-likeness (QED) is 0.231. The van der Waals surface area contributed by atoms with Crippen LogP contribution in [0.4, 0.5) is 0 Å². The topological polar surface area (TPSA) is 24.1 Å². The predicted octanol–water partition coefficient (Wildman–Crippen LogP) is 0.874. The van der Waals surface area contributed by atoms with Gasteiger partial charge in [-0.15, -0.1) is 13.1 Å². The molecule has 0 unspecified atom stereocenters. The van der Waals surface area contributed by atoms with Crippen molar-refractivity contribution < 1.29 is 32.7 Å². The molecule has 2 N–H and O–H groups in total. The summed E-state index contributed by atoms with van der Waals surface area (Å²) >= 11 is 8.15. The fourth-order valence-electron chi connectivity index (χ4n) is 0.617. The van der Waals surface area contributed by atoms with E-state index in [0.29, 0.717) is 11.5 Å². The smallest absolute Gasteiger partial charge is 0.0295 e. The second-order valence-corrected chi connectivity index (χ2v) is 3.21. The number of rotatable bonds is 8. The molecule has 0 saturated heterocycles. The Morgan fingerprint density at radius 2 is 1.33 bits per heavy atom. The first-order valence-electron chi connectivity index (χ1n) is 4.07. The molecule has 0 aliphatic heterocycles. The molecule has 0 heterocycles. The third-order valence-corrected chi connectivity index (χ3v) is 2.14. The maximum atomic E-state index is 4.07. The molecule has 82 valence electrons. The second kappa shape index (κ2) is 14.9. The summed E-state index contributed by atoms with van der Waals surface area (Å²) in [6, 6.07) is 0. The van der Waals surface area contributed by atoms with Crippen LogP contribution >= 0.6 is 25.3 Å². The van der Waals surface area contributed by atoms with Gasteiger partial charge < -0.3 is 10.6 Å². The van der Waals surface area contributed by atoms with Gasteiger partial charge in [-0.3, -0.25) is 6.42 Å². The minimum atomic E-state index is 0. The van der Waals surface area contributed by atoms with E-state index < -0.39 is 0 Å². The maximum Gasteiger partial charge on any atom is 0.0295 e. The zero-order valence-electron chi connectivity index (χ0n) is 8.87. The Balaban J connectivity index is -0.000000720. The normalized spacial score (nSPS) is 8.13. The molecule has 0 aromatic carbocycles. The van der Waals surface area contributed by atoms with Gasteiger partial charge in [0.05, 0.1) is 0 Å². The fourth-order valence-corrected chi connectivity index (χ4v) is 0.841. The summed E-state index contributed by atoms with van der Waals surface area (Å²) in [5.41, 5.74) is 1.88. The van der Waals surface area contributed by atoms with Crippen LogP contribution in [0.5, 0.6) is 0 Å². The molecule has 15 heavy (non-hydrogen) atoms. The van der Waals surface area contributed by atoms with Crippen LogP contribution < -0.4 is 10.6 Å². The van der Waals surface area contributed by atoms with Crippen LogP contribution in [0.15, 0.2) is 24.6 Å². The van der Waals surface area contributed by atoms with Crippen LogP contribution in [0, 0.1) is 6.42 Å². The van der Waals surface area contributed by atoms with Crippen LogP contribution in [-0.4, -0.2) is 33.0 Å². The summed E-state index contributed by atoms with van der Waals surface area (Å²) in [4.78, 5) is 0. The molecule has 0 saturated carbocycles. The molecule has 4 radical (unpaired) electrons. The van der Waals surface area contributed by atoms with E-state index in [4.69, 9.17) is 0 Å². The number of nitrogens with one attached hydrogen (secondary N) is 2. The number of thiol groups is 2.